The molecule has 0 saturated heterocycles. The van der Waals surface area contributed by atoms with Crippen molar-refractivity contribution in [1.82, 2.24) is 9.97 Å². The van der Waals surface area contributed by atoms with Gasteiger partial charge in [0.25, 0.3) is 0 Å². The van der Waals surface area contributed by atoms with Crippen LogP contribution in [0, 0.1) is 13.8 Å². The van der Waals surface area contributed by atoms with E-state index in [1.807, 2.05) is 39.0 Å². The minimum Gasteiger partial charge on any atom is -0.495 e. The average molecular weight is 400 g/mol. The van der Waals surface area contributed by atoms with Crippen LogP contribution in [-0.4, -0.2) is 29.7 Å². The van der Waals surface area contributed by atoms with Crippen molar-refractivity contribution in [2.24, 2.45) is 0 Å². The first-order valence-corrected chi connectivity index (χ1v) is 9.37. The number of halogens is 1. The quantitative estimate of drug-likeness (QED) is 0.573. The van der Waals surface area contributed by atoms with Gasteiger partial charge in [-0.25, -0.2) is 14.8 Å². The fraction of sp³-hybridized carbons (Fsp3) is 0.286. The molecule has 0 aliphatic carbocycles. The van der Waals surface area contributed by atoms with Crippen LogP contribution in [0.15, 0.2) is 30.5 Å². The van der Waals surface area contributed by atoms with Gasteiger partial charge in [-0.1, -0.05) is 18.5 Å². The van der Waals surface area contributed by atoms with E-state index in [-0.39, 0.29) is 0 Å². The van der Waals surface area contributed by atoms with Crippen LogP contribution in [0.3, 0.4) is 0 Å². The summed E-state index contributed by atoms with van der Waals surface area (Å²) in [4.78, 5) is 21.4. The summed E-state index contributed by atoms with van der Waals surface area (Å²) < 4.78 is 10.8. The lowest BCUT2D eigenvalue weighted by atomic mass is 10.1. The van der Waals surface area contributed by atoms with Crippen LogP contribution < -0.4 is 10.1 Å². The molecule has 1 N–H and O–H groups in total. The van der Waals surface area contributed by atoms with Gasteiger partial charge in [-0.15, -0.1) is 0 Å². The summed E-state index contributed by atoms with van der Waals surface area (Å²) >= 11 is 6.22. The van der Waals surface area contributed by atoms with Crippen molar-refractivity contribution >= 4 is 40.0 Å². The molecule has 0 unspecified atom stereocenters. The highest BCUT2D eigenvalue weighted by Crippen LogP contribution is 2.36. The Hall–Kier alpha value is -2.86. The Bertz CT molecular complexity index is 1040. The molecule has 146 valence electrons. The lowest BCUT2D eigenvalue weighted by Gasteiger charge is -2.17. The second-order valence-electron chi connectivity index (χ2n) is 6.43. The van der Waals surface area contributed by atoms with E-state index in [0.717, 1.165) is 17.7 Å². The van der Waals surface area contributed by atoms with Crippen LogP contribution in [-0.2, 0) is 4.74 Å². The van der Waals surface area contributed by atoms with Gasteiger partial charge in [0, 0.05) is 28.4 Å². The molecule has 0 fully saturated rings. The molecule has 6 nitrogen and oxygen atoms in total. The molecule has 2 heterocycles. The van der Waals surface area contributed by atoms with Gasteiger partial charge in [0.15, 0.2) is 5.65 Å². The average Bonchev–Trinajstić information content (AvgIpc) is 2.68. The van der Waals surface area contributed by atoms with Crippen LogP contribution in [0.25, 0.3) is 11.0 Å². The van der Waals surface area contributed by atoms with Gasteiger partial charge >= 0.3 is 5.97 Å². The van der Waals surface area contributed by atoms with E-state index in [0.29, 0.717) is 45.4 Å². The second kappa shape index (κ2) is 8.44. The van der Waals surface area contributed by atoms with Crippen molar-refractivity contribution in [3.8, 4) is 5.75 Å². The molecule has 0 spiro atoms. The number of carbonyl (C=O) groups excluding carboxylic acids is 1. The molecular formula is C21H22ClN3O3. The van der Waals surface area contributed by atoms with E-state index >= 15 is 0 Å². The molecule has 1 aromatic carbocycles. The second-order valence-corrected chi connectivity index (χ2v) is 6.84. The zero-order valence-electron chi connectivity index (χ0n) is 16.3. The predicted molar refractivity (Wildman–Crippen MR) is 111 cm³/mol. The van der Waals surface area contributed by atoms with Crippen LogP contribution in [0.4, 0.5) is 11.4 Å². The molecule has 7 heteroatoms. The number of aromatic nitrogens is 2. The number of nitrogens with one attached hydrogen (secondary N) is 1. The Kier molecular flexibility index (Phi) is 5.99. The summed E-state index contributed by atoms with van der Waals surface area (Å²) in [6.07, 6.45) is 2.23. The van der Waals surface area contributed by atoms with E-state index in [4.69, 9.17) is 21.1 Å². The van der Waals surface area contributed by atoms with Gasteiger partial charge in [-0.2, -0.15) is 0 Å². The fourth-order valence-corrected chi connectivity index (χ4v) is 2.95. The molecule has 0 aliphatic rings. The SMILES string of the molecule is CCCOC(=O)c1cnc2nc(C)ccc2c1Nc1cc(C)c(Cl)cc1OC. The van der Waals surface area contributed by atoms with Crippen molar-refractivity contribution in [2.45, 2.75) is 27.2 Å². The number of ether oxygens (including phenoxy) is 2. The normalized spacial score (nSPS) is 10.8. The molecule has 2 aromatic heterocycles. The summed E-state index contributed by atoms with van der Waals surface area (Å²) in [6.45, 7) is 6.08. The molecule has 0 atom stereocenters. The molecule has 0 radical (unpaired) electrons. The molecule has 0 bridgehead atoms. The number of hydrogen-bond donors (Lipinski definition) is 1. The van der Waals surface area contributed by atoms with Crippen molar-refractivity contribution in [3.63, 3.8) is 0 Å². The maximum absolute atomic E-state index is 12.6. The Labute approximate surface area is 168 Å². The van der Waals surface area contributed by atoms with Crippen LogP contribution >= 0.6 is 11.6 Å². The predicted octanol–water partition coefficient (Wildman–Crippen LogP) is 5.22. The zero-order valence-corrected chi connectivity index (χ0v) is 17.1. The zero-order chi connectivity index (χ0) is 20.3. The van der Waals surface area contributed by atoms with Crippen LogP contribution in [0.1, 0.15) is 35.0 Å². The third kappa shape index (κ3) is 4.02. The van der Waals surface area contributed by atoms with Crippen LogP contribution in [0.5, 0.6) is 5.75 Å². The highest BCUT2D eigenvalue weighted by molar-refractivity contribution is 6.31. The summed E-state index contributed by atoms with van der Waals surface area (Å²) in [5.41, 5.74) is 3.85. The largest absolute Gasteiger partial charge is 0.495 e. The van der Waals surface area contributed by atoms with Crippen molar-refractivity contribution < 1.29 is 14.3 Å². The summed E-state index contributed by atoms with van der Waals surface area (Å²) in [5.74, 6) is 0.123. The molecule has 0 saturated carbocycles. The van der Waals surface area contributed by atoms with Gasteiger partial charge in [0.2, 0.25) is 0 Å². The molecule has 0 amide bonds. The van der Waals surface area contributed by atoms with Gasteiger partial charge in [-0.05, 0) is 44.0 Å². The Morgan fingerprint density at radius 3 is 2.75 bits per heavy atom. The Morgan fingerprint density at radius 2 is 2.04 bits per heavy atom. The minimum absolute atomic E-state index is 0.334. The van der Waals surface area contributed by atoms with E-state index in [2.05, 4.69) is 15.3 Å². The number of carbonyl (C=O) groups is 1. The monoisotopic (exact) mass is 399 g/mol. The number of fused-ring (bicyclic) bond motifs is 1. The van der Waals surface area contributed by atoms with E-state index in [1.54, 1.807) is 13.2 Å². The number of pyridine rings is 2. The summed E-state index contributed by atoms with van der Waals surface area (Å²) in [7, 11) is 1.57. The number of aryl methyl sites for hydroxylation is 2. The first-order chi connectivity index (χ1) is 13.4. The Morgan fingerprint density at radius 1 is 1.25 bits per heavy atom. The highest BCUT2D eigenvalue weighted by atomic mass is 35.5. The van der Waals surface area contributed by atoms with E-state index < -0.39 is 5.97 Å². The van der Waals surface area contributed by atoms with Crippen molar-refractivity contribution in [3.05, 3.63) is 52.3 Å². The van der Waals surface area contributed by atoms with Gasteiger partial charge in [-0.3, -0.25) is 0 Å². The molecular weight excluding hydrogens is 378 g/mol. The van der Waals surface area contributed by atoms with E-state index in [1.165, 1.54) is 6.20 Å². The fourth-order valence-electron chi connectivity index (χ4n) is 2.80. The summed E-state index contributed by atoms with van der Waals surface area (Å²) in [5, 5.41) is 4.63. The van der Waals surface area contributed by atoms with Crippen LogP contribution in [0.2, 0.25) is 5.02 Å². The molecule has 3 rings (SSSR count). The van der Waals surface area contributed by atoms with Gasteiger partial charge < -0.3 is 14.8 Å². The first-order valence-electron chi connectivity index (χ1n) is 8.99. The van der Waals surface area contributed by atoms with Crippen molar-refractivity contribution in [1.29, 1.82) is 0 Å². The Balaban J connectivity index is 2.17. The smallest absolute Gasteiger partial charge is 0.341 e. The number of methoxy groups -OCH3 is 1. The maximum Gasteiger partial charge on any atom is 0.341 e. The standard InChI is InChI=1S/C21H22ClN3O3/c1-5-8-28-21(26)15-11-23-20-14(7-6-13(3)24-20)19(15)25-17-9-12(2)16(22)10-18(17)27-4/h6-7,9-11H,5,8H2,1-4H3,(H,23,24,25). The lowest BCUT2D eigenvalue weighted by Crippen LogP contribution is -2.11. The molecule has 28 heavy (non-hydrogen) atoms. The third-order valence-corrected chi connectivity index (χ3v) is 4.67. The topological polar surface area (TPSA) is 73.3 Å². The lowest BCUT2D eigenvalue weighted by molar-refractivity contribution is 0.0506. The van der Waals surface area contributed by atoms with Gasteiger partial charge in [0.05, 0.1) is 25.1 Å². The number of anilines is 2. The number of nitrogens with zero attached hydrogens (tertiary/aromatic N) is 2. The highest BCUT2D eigenvalue weighted by Gasteiger charge is 2.19. The summed E-state index contributed by atoms with van der Waals surface area (Å²) in [6, 6.07) is 7.37. The molecule has 3 aromatic rings. The van der Waals surface area contributed by atoms with E-state index in [9.17, 15) is 4.79 Å². The number of rotatable bonds is 6. The number of hydrogen-bond acceptors (Lipinski definition) is 6. The maximum atomic E-state index is 12.6. The first kappa shape index (κ1) is 19.9. The van der Waals surface area contributed by atoms with Gasteiger partial charge in [0.1, 0.15) is 11.3 Å². The molecule has 0 aliphatic heterocycles. The van der Waals surface area contributed by atoms with Crippen molar-refractivity contribution in [2.75, 3.05) is 19.0 Å². The minimum atomic E-state index is -0.441. The third-order valence-electron chi connectivity index (χ3n) is 4.27. The number of esters is 1. The number of benzene rings is 1.